The molecule has 1 rings (SSSR count). The molecule has 0 spiro atoms. The van der Waals surface area contributed by atoms with Gasteiger partial charge in [-0.15, -0.1) is 0 Å². The average Bonchev–Trinajstić information content (AvgIpc) is 2.34. The van der Waals surface area contributed by atoms with E-state index in [0.717, 1.165) is 49.9 Å². The van der Waals surface area contributed by atoms with Crippen LogP contribution in [0.25, 0.3) is 0 Å². The lowest BCUT2D eigenvalue weighted by Crippen LogP contribution is -2.20. The number of aromatic nitrogens is 2. The molecule has 102 valence electrons. The Morgan fingerprint density at radius 1 is 1.28 bits per heavy atom. The zero-order chi connectivity index (χ0) is 13.4. The number of hydrogen-bond donors (Lipinski definition) is 2. The summed E-state index contributed by atoms with van der Waals surface area (Å²) in [6.07, 6.45) is 2.20. The summed E-state index contributed by atoms with van der Waals surface area (Å²) in [5, 5.41) is 6.47. The van der Waals surface area contributed by atoms with E-state index in [4.69, 9.17) is 0 Å². The molecule has 0 aromatic carbocycles. The van der Waals surface area contributed by atoms with Crippen molar-refractivity contribution in [3.05, 3.63) is 11.9 Å². The predicted molar refractivity (Wildman–Crippen MR) is 77.4 cm³/mol. The van der Waals surface area contributed by atoms with Crippen molar-refractivity contribution in [3.63, 3.8) is 0 Å². The van der Waals surface area contributed by atoms with Gasteiger partial charge in [-0.05, 0) is 33.4 Å². The van der Waals surface area contributed by atoms with E-state index in [0.29, 0.717) is 0 Å². The van der Waals surface area contributed by atoms with Crippen LogP contribution in [-0.2, 0) is 0 Å². The van der Waals surface area contributed by atoms with E-state index in [-0.39, 0.29) is 0 Å². The highest BCUT2D eigenvalue weighted by Crippen LogP contribution is 2.14. The van der Waals surface area contributed by atoms with Crippen molar-refractivity contribution in [2.75, 3.05) is 43.9 Å². The van der Waals surface area contributed by atoms with E-state index in [1.54, 1.807) is 0 Å². The first-order valence-corrected chi connectivity index (χ1v) is 6.62. The Bertz CT molecular complexity index is 353. The second-order valence-electron chi connectivity index (χ2n) is 4.46. The van der Waals surface area contributed by atoms with Crippen LogP contribution in [0.1, 0.15) is 25.6 Å². The fraction of sp³-hybridized carbons (Fsp3) is 0.692. The van der Waals surface area contributed by atoms with Crippen molar-refractivity contribution in [1.29, 1.82) is 0 Å². The van der Waals surface area contributed by atoms with Gasteiger partial charge in [0.2, 0.25) is 0 Å². The third kappa shape index (κ3) is 4.87. The Hall–Kier alpha value is -1.36. The summed E-state index contributed by atoms with van der Waals surface area (Å²) in [4.78, 5) is 11.0. The quantitative estimate of drug-likeness (QED) is 0.688. The normalized spacial score (nSPS) is 10.4. The van der Waals surface area contributed by atoms with Gasteiger partial charge in [0.1, 0.15) is 17.5 Å². The molecule has 5 heteroatoms. The summed E-state index contributed by atoms with van der Waals surface area (Å²) < 4.78 is 0. The number of aryl methyl sites for hydroxylation is 1. The molecule has 1 aromatic rings. The summed E-state index contributed by atoms with van der Waals surface area (Å²) in [5.41, 5.74) is 0. The summed E-state index contributed by atoms with van der Waals surface area (Å²) in [6, 6.07) is 2.02. The minimum absolute atomic E-state index is 0.812. The second kappa shape index (κ2) is 7.87. The largest absolute Gasteiger partial charge is 0.370 e. The number of rotatable bonds is 8. The van der Waals surface area contributed by atoms with Gasteiger partial charge in [0, 0.05) is 26.2 Å². The summed E-state index contributed by atoms with van der Waals surface area (Å²) in [6.45, 7) is 7.05. The first-order valence-electron chi connectivity index (χ1n) is 6.62. The van der Waals surface area contributed by atoms with Crippen LogP contribution in [0.15, 0.2) is 6.07 Å². The molecule has 2 N–H and O–H groups in total. The fourth-order valence-corrected chi connectivity index (χ4v) is 1.77. The van der Waals surface area contributed by atoms with Crippen molar-refractivity contribution < 1.29 is 0 Å². The van der Waals surface area contributed by atoms with Gasteiger partial charge in [-0.2, -0.15) is 0 Å². The van der Waals surface area contributed by atoms with Crippen molar-refractivity contribution in [2.24, 2.45) is 0 Å². The van der Waals surface area contributed by atoms with Gasteiger partial charge in [-0.25, -0.2) is 9.97 Å². The molecule has 0 fully saturated rings. The topological polar surface area (TPSA) is 53.1 Å². The Kier molecular flexibility index (Phi) is 6.43. The Morgan fingerprint density at radius 2 is 2.06 bits per heavy atom. The van der Waals surface area contributed by atoms with Crippen molar-refractivity contribution in [3.8, 4) is 0 Å². The summed E-state index contributed by atoms with van der Waals surface area (Å²) >= 11 is 0. The molecule has 1 aromatic heterocycles. The van der Waals surface area contributed by atoms with Crippen LogP contribution in [0.5, 0.6) is 0 Å². The molecule has 0 aliphatic carbocycles. The summed E-state index contributed by atoms with van der Waals surface area (Å²) in [7, 11) is 4.03. The third-order valence-corrected chi connectivity index (χ3v) is 2.68. The fourth-order valence-electron chi connectivity index (χ4n) is 1.77. The van der Waals surface area contributed by atoms with E-state index < -0.39 is 0 Å². The lowest BCUT2D eigenvalue weighted by Gasteiger charge is -2.18. The van der Waals surface area contributed by atoms with Crippen LogP contribution in [0.4, 0.5) is 11.6 Å². The molecule has 1 heterocycles. The first kappa shape index (κ1) is 14.7. The minimum atomic E-state index is 0.812. The highest BCUT2D eigenvalue weighted by molar-refractivity contribution is 5.48. The van der Waals surface area contributed by atoms with E-state index in [1.807, 2.05) is 20.0 Å². The predicted octanol–water partition coefficient (Wildman–Crippen LogP) is 1.65. The SMILES string of the molecule is CCCN(C)c1cc(NCCCNC)nc(C)n1. The summed E-state index contributed by atoms with van der Waals surface area (Å²) in [5.74, 6) is 2.71. The Morgan fingerprint density at radius 3 is 2.72 bits per heavy atom. The van der Waals surface area contributed by atoms with Crippen molar-refractivity contribution >= 4 is 11.6 Å². The van der Waals surface area contributed by atoms with E-state index in [2.05, 4.69) is 39.5 Å². The lowest BCUT2D eigenvalue weighted by atomic mass is 10.4. The van der Waals surface area contributed by atoms with E-state index >= 15 is 0 Å². The molecule has 0 aliphatic rings. The average molecular weight is 251 g/mol. The minimum Gasteiger partial charge on any atom is -0.370 e. The lowest BCUT2D eigenvalue weighted by molar-refractivity contribution is 0.746. The van der Waals surface area contributed by atoms with Crippen LogP contribution < -0.4 is 15.5 Å². The number of hydrogen-bond acceptors (Lipinski definition) is 5. The Labute approximate surface area is 110 Å². The maximum Gasteiger partial charge on any atom is 0.134 e. The standard InChI is InChI=1S/C13H25N5/c1-5-9-18(4)13-10-12(16-11(2)17-13)15-8-6-7-14-3/h10,14H,5-9H2,1-4H3,(H,15,16,17). The third-order valence-electron chi connectivity index (χ3n) is 2.68. The molecule has 0 atom stereocenters. The number of anilines is 2. The Balaban J connectivity index is 2.62. The highest BCUT2D eigenvalue weighted by atomic mass is 15.2. The molecule has 0 saturated carbocycles. The molecular formula is C13H25N5. The van der Waals surface area contributed by atoms with Crippen LogP contribution in [0.3, 0.4) is 0 Å². The molecule has 0 aliphatic heterocycles. The maximum atomic E-state index is 4.46. The molecule has 0 amide bonds. The smallest absolute Gasteiger partial charge is 0.134 e. The zero-order valence-corrected chi connectivity index (χ0v) is 12.0. The van der Waals surface area contributed by atoms with E-state index in [9.17, 15) is 0 Å². The van der Waals surface area contributed by atoms with Crippen molar-refractivity contribution in [2.45, 2.75) is 26.7 Å². The molecule has 18 heavy (non-hydrogen) atoms. The van der Waals surface area contributed by atoms with Gasteiger partial charge in [-0.3, -0.25) is 0 Å². The van der Waals surface area contributed by atoms with Gasteiger partial charge >= 0.3 is 0 Å². The van der Waals surface area contributed by atoms with E-state index in [1.165, 1.54) is 0 Å². The molecule has 5 nitrogen and oxygen atoms in total. The molecule has 0 bridgehead atoms. The van der Waals surface area contributed by atoms with Crippen LogP contribution >= 0.6 is 0 Å². The van der Waals surface area contributed by atoms with Gasteiger partial charge < -0.3 is 15.5 Å². The van der Waals surface area contributed by atoms with Crippen LogP contribution in [0, 0.1) is 6.92 Å². The second-order valence-corrected chi connectivity index (χ2v) is 4.46. The maximum absolute atomic E-state index is 4.46. The highest BCUT2D eigenvalue weighted by Gasteiger charge is 2.05. The molecule has 0 unspecified atom stereocenters. The van der Waals surface area contributed by atoms with Gasteiger partial charge in [0.05, 0.1) is 0 Å². The molecule has 0 saturated heterocycles. The number of nitrogens with one attached hydrogen (secondary N) is 2. The first-order chi connectivity index (χ1) is 8.67. The van der Waals surface area contributed by atoms with Crippen molar-refractivity contribution in [1.82, 2.24) is 15.3 Å². The monoisotopic (exact) mass is 251 g/mol. The zero-order valence-electron chi connectivity index (χ0n) is 12.0. The van der Waals surface area contributed by atoms with Gasteiger partial charge in [0.15, 0.2) is 0 Å². The van der Waals surface area contributed by atoms with Crippen LogP contribution in [0.2, 0.25) is 0 Å². The number of nitrogens with zero attached hydrogens (tertiary/aromatic N) is 3. The molecular weight excluding hydrogens is 226 g/mol. The van der Waals surface area contributed by atoms with Gasteiger partial charge in [-0.1, -0.05) is 6.92 Å². The van der Waals surface area contributed by atoms with Gasteiger partial charge in [0.25, 0.3) is 0 Å². The molecule has 0 radical (unpaired) electrons. The van der Waals surface area contributed by atoms with Crippen LogP contribution in [-0.4, -0.2) is 43.7 Å².